The number of hydrogen-bond donors (Lipinski definition) is 1. The van der Waals surface area contributed by atoms with E-state index in [2.05, 4.69) is 20.5 Å². The zero-order chi connectivity index (χ0) is 22.7. The largest absolute Gasteiger partial charge is 0.403 e. The fourth-order valence-corrected chi connectivity index (χ4v) is 3.43. The van der Waals surface area contributed by atoms with Crippen molar-refractivity contribution in [2.75, 3.05) is 23.8 Å². The van der Waals surface area contributed by atoms with Gasteiger partial charge < -0.3 is 14.6 Å². The van der Waals surface area contributed by atoms with E-state index in [0.29, 0.717) is 16.5 Å². The molecular weight excluding hydrogens is 534 g/mol. The monoisotopic (exact) mass is 551 g/mol. The molecule has 0 radical (unpaired) electrons. The van der Waals surface area contributed by atoms with Gasteiger partial charge in [0.15, 0.2) is 11.6 Å². The predicted molar refractivity (Wildman–Crippen MR) is 123 cm³/mol. The highest BCUT2D eigenvalue weighted by Gasteiger charge is 2.21. The summed E-state index contributed by atoms with van der Waals surface area (Å²) in [4.78, 5) is 6.00. The molecular formula is C22H17F3IN5O. The molecule has 32 heavy (non-hydrogen) atoms. The summed E-state index contributed by atoms with van der Waals surface area (Å²) in [6.07, 6.45) is 2.37. The van der Waals surface area contributed by atoms with Crippen LogP contribution >= 0.6 is 22.6 Å². The van der Waals surface area contributed by atoms with Gasteiger partial charge in [-0.15, -0.1) is 5.10 Å². The Balaban J connectivity index is 1.60. The second-order valence-corrected chi connectivity index (χ2v) is 8.16. The van der Waals surface area contributed by atoms with Crippen LogP contribution in [0.2, 0.25) is 0 Å². The van der Waals surface area contributed by atoms with Crippen LogP contribution in [-0.4, -0.2) is 28.8 Å². The highest BCUT2D eigenvalue weighted by Crippen LogP contribution is 2.35. The summed E-state index contributed by atoms with van der Waals surface area (Å²) in [5, 5.41) is 10.6. The lowest BCUT2D eigenvalue weighted by Gasteiger charge is -2.14. The molecule has 2 aromatic carbocycles. The van der Waals surface area contributed by atoms with Gasteiger partial charge in [0.05, 0.1) is 16.9 Å². The molecule has 0 saturated carbocycles. The maximum absolute atomic E-state index is 14.6. The Morgan fingerprint density at radius 2 is 1.88 bits per heavy atom. The summed E-state index contributed by atoms with van der Waals surface area (Å²) in [6.45, 7) is 0.551. The van der Waals surface area contributed by atoms with Crippen molar-refractivity contribution in [3.8, 4) is 11.5 Å². The fourth-order valence-electron chi connectivity index (χ4n) is 2.98. The van der Waals surface area contributed by atoms with Gasteiger partial charge in [0, 0.05) is 35.5 Å². The molecule has 6 nitrogen and oxygen atoms in total. The summed E-state index contributed by atoms with van der Waals surface area (Å²) >= 11 is 1.96. The summed E-state index contributed by atoms with van der Waals surface area (Å²) < 4.78 is 49.3. The van der Waals surface area contributed by atoms with Crippen LogP contribution < -0.4 is 10.2 Å². The van der Waals surface area contributed by atoms with Gasteiger partial charge in [-0.3, -0.25) is 4.98 Å². The Hall–Kier alpha value is -3.15. The fraction of sp³-hybridized carbons (Fsp3) is 0.136. The van der Waals surface area contributed by atoms with Crippen LogP contribution in [0.3, 0.4) is 0 Å². The molecule has 4 rings (SSSR count). The third kappa shape index (κ3) is 4.85. The molecule has 164 valence electrons. The van der Waals surface area contributed by atoms with Gasteiger partial charge in [0.2, 0.25) is 0 Å². The lowest BCUT2D eigenvalue weighted by molar-refractivity contribution is 0.510. The highest BCUT2D eigenvalue weighted by molar-refractivity contribution is 14.1. The molecule has 0 unspecified atom stereocenters. The SMILES string of the molecule is CN(CCc1ccccn1)c1nnc(-c2ccc(F)c(F)c2Nc2ccc(I)cc2F)o1. The van der Waals surface area contributed by atoms with Crippen LogP contribution in [0.15, 0.2) is 59.1 Å². The number of nitrogens with zero attached hydrogens (tertiary/aromatic N) is 4. The summed E-state index contributed by atoms with van der Waals surface area (Å²) in [5.41, 5.74) is 0.712. The maximum Gasteiger partial charge on any atom is 0.318 e. The average Bonchev–Trinajstić information content (AvgIpc) is 3.28. The first-order valence-electron chi connectivity index (χ1n) is 9.57. The predicted octanol–water partition coefficient (Wildman–Crippen LogP) is 5.58. The van der Waals surface area contributed by atoms with Crippen molar-refractivity contribution in [3.63, 3.8) is 0 Å². The van der Waals surface area contributed by atoms with Gasteiger partial charge in [-0.2, -0.15) is 0 Å². The van der Waals surface area contributed by atoms with E-state index in [-0.39, 0.29) is 28.8 Å². The van der Waals surface area contributed by atoms with Gasteiger partial charge >= 0.3 is 6.01 Å². The molecule has 0 aliphatic rings. The van der Waals surface area contributed by atoms with Crippen LogP contribution in [0.25, 0.3) is 11.5 Å². The van der Waals surface area contributed by atoms with Gasteiger partial charge in [0.25, 0.3) is 5.89 Å². The van der Waals surface area contributed by atoms with Crippen LogP contribution in [0, 0.1) is 21.0 Å². The summed E-state index contributed by atoms with van der Waals surface area (Å²) in [7, 11) is 1.77. The number of likely N-dealkylation sites (N-methyl/N-ethyl adjacent to an activating group) is 1. The smallest absolute Gasteiger partial charge is 0.318 e. The van der Waals surface area contributed by atoms with Crippen molar-refractivity contribution in [3.05, 3.63) is 81.4 Å². The van der Waals surface area contributed by atoms with Crippen LogP contribution in [0.4, 0.5) is 30.6 Å². The number of anilines is 3. The molecule has 0 amide bonds. The first-order valence-corrected chi connectivity index (χ1v) is 10.6. The van der Waals surface area contributed by atoms with Crippen molar-refractivity contribution >= 4 is 40.0 Å². The van der Waals surface area contributed by atoms with Crippen molar-refractivity contribution in [1.29, 1.82) is 0 Å². The molecule has 4 aromatic rings. The quantitative estimate of drug-likeness (QED) is 0.303. The Bertz CT molecular complexity index is 1240. The second kappa shape index (κ2) is 9.55. The van der Waals surface area contributed by atoms with E-state index in [4.69, 9.17) is 4.42 Å². The molecule has 0 atom stereocenters. The molecule has 10 heteroatoms. The number of rotatable bonds is 7. The topological polar surface area (TPSA) is 67.1 Å². The van der Waals surface area contributed by atoms with Gasteiger partial charge in [-0.1, -0.05) is 11.2 Å². The van der Waals surface area contributed by atoms with Crippen LogP contribution in [-0.2, 0) is 6.42 Å². The van der Waals surface area contributed by atoms with E-state index in [9.17, 15) is 13.2 Å². The third-order valence-electron chi connectivity index (χ3n) is 4.69. The van der Waals surface area contributed by atoms with Crippen LogP contribution in [0.5, 0.6) is 0 Å². The Labute approximate surface area is 195 Å². The maximum atomic E-state index is 14.6. The molecule has 0 saturated heterocycles. The number of halogens is 4. The van der Waals surface area contributed by atoms with E-state index in [1.54, 1.807) is 24.2 Å². The second-order valence-electron chi connectivity index (χ2n) is 6.92. The minimum absolute atomic E-state index is 0.0108. The van der Waals surface area contributed by atoms with Crippen molar-refractivity contribution in [2.45, 2.75) is 6.42 Å². The number of nitrogens with one attached hydrogen (secondary N) is 1. The van der Waals surface area contributed by atoms with Crippen molar-refractivity contribution < 1.29 is 17.6 Å². The van der Waals surface area contributed by atoms with E-state index >= 15 is 0 Å². The Morgan fingerprint density at radius 3 is 2.62 bits per heavy atom. The first-order chi connectivity index (χ1) is 15.4. The van der Waals surface area contributed by atoms with Crippen LogP contribution in [0.1, 0.15) is 5.69 Å². The van der Waals surface area contributed by atoms with Gasteiger partial charge in [-0.05, 0) is 65.1 Å². The number of aromatic nitrogens is 3. The van der Waals surface area contributed by atoms with Crippen molar-refractivity contribution in [1.82, 2.24) is 15.2 Å². The minimum atomic E-state index is -1.18. The van der Waals surface area contributed by atoms with E-state index in [1.165, 1.54) is 18.2 Å². The lowest BCUT2D eigenvalue weighted by Crippen LogP contribution is -2.20. The lowest BCUT2D eigenvalue weighted by atomic mass is 10.1. The van der Waals surface area contributed by atoms with Gasteiger partial charge in [0.1, 0.15) is 5.82 Å². The molecule has 0 fully saturated rings. The molecule has 2 aromatic heterocycles. The molecule has 0 aliphatic carbocycles. The summed E-state index contributed by atoms with van der Waals surface area (Å²) in [6, 6.07) is 12.5. The average molecular weight is 551 g/mol. The minimum Gasteiger partial charge on any atom is -0.403 e. The van der Waals surface area contributed by atoms with E-state index < -0.39 is 17.5 Å². The number of benzene rings is 2. The number of hydrogen-bond acceptors (Lipinski definition) is 6. The van der Waals surface area contributed by atoms with Gasteiger partial charge in [-0.25, -0.2) is 13.2 Å². The molecule has 2 heterocycles. The molecule has 0 bridgehead atoms. The Kier molecular flexibility index (Phi) is 6.58. The van der Waals surface area contributed by atoms with Crippen molar-refractivity contribution in [2.24, 2.45) is 0 Å². The normalized spacial score (nSPS) is 10.9. The first kappa shape index (κ1) is 22.1. The highest BCUT2D eigenvalue weighted by atomic mass is 127. The summed E-state index contributed by atoms with van der Waals surface area (Å²) in [5.74, 6) is -2.90. The Morgan fingerprint density at radius 1 is 1.03 bits per heavy atom. The third-order valence-corrected chi connectivity index (χ3v) is 5.36. The standard InChI is InChI=1S/C22H17F3IN5O/c1-31(11-9-14-4-2-3-10-27-14)22-30-29-21(32-22)15-6-7-16(23)19(25)20(15)28-18-8-5-13(26)12-17(18)24/h2-8,10,12,28H,9,11H2,1H3. The molecule has 0 spiro atoms. The zero-order valence-electron chi connectivity index (χ0n) is 16.8. The zero-order valence-corrected chi connectivity index (χ0v) is 19.0. The molecule has 1 N–H and O–H groups in total. The molecule has 0 aliphatic heterocycles. The van der Waals surface area contributed by atoms with E-state index in [1.807, 2.05) is 40.8 Å². The number of pyridine rings is 1. The van der Waals surface area contributed by atoms with E-state index in [0.717, 1.165) is 11.8 Å².